The monoisotopic (exact) mass is 150 g/mol. The van der Waals surface area contributed by atoms with E-state index >= 15 is 0 Å². The molecule has 0 aliphatic heterocycles. The standard InChI is InChI=1S/C9H14N2/c1-7(2)9(10)8-4-3-5-11-6-8/h3-7,9H,10H2,1-2H3/t9-/m0/s1. The fourth-order valence-corrected chi connectivity index (χ4v) is 0.958. The summed E-state index contributed by atoms with van der Waals surface area (Å²) in [7, 11) is 0. The van der Waals surface area contributed by atoms with Gasteiger partial charge in [-0.1, -0.05) is 19.9 Å². The van der Waals surface area contributed by atoms with E-state index in [0.29, 0.717) is 5.92 Å². The molecule has 1 heterocycles. The predicted octanol–water partition coefficient (Wildman–Crippen LogP) is 1.74. The molecule has 0 amide bonds. The van der Waals surface area contributed by atoms with Crippen molar-refractivity contribution in [2.24, 2.45) is 11.7 Å². The van der Waals surface area contributed by atoms with E-state index < -0.39 is 0 Å². The van der Waals surface area contributed by atoms with E-state index in [1.807, 2.05) is 18.3 Å². The number of pyridine rings is 1. The Bertz CT molecular complexity index is 206. The molecule has 0 aliphatic carbocycles. The van der Waals surface area contributed by atoms with Crippen LogP contribution in [0.25, 0.3) is 0 Å². The Morgan fingerprint density at radius 2 is 2.18 bits per heavy atom. The largest absolute Gasteiger partial charge is 0.324 e. The van der Waals surface area contributed by atoms with Crippen molar-refractivity contribution in [3.8, 4) is 0 Å². The highest BCUT2D eigenvalue weighted by molar-refractivity contribution is 5.13. The van der Waals surface area contributed by atoms with E-state index in [9.17, 15) is 0 Å². The summed E-state index contributed by atoms with van der Waals surface area (Å²) in [6.07, 6.45) is 3.58. The van der Waals surface area contributed by atoms with E-state index in [2.05, 4.69) is 18.8 Å². The molecular formula is C9H14N2. The maximum atomic E-state index is 5.90. The highest BCUT2D eigenvalue weighted by Gasteiger charge is 2.08. The van der Waals surface area contributed by atoms with Crippen molar-refractivity contribution in [2.75, 3.05) is 0 Å². The molecule has 2 N–H and O–H groups in total. The lowest BCUT2D eigenvalue weighted by Gasteiger charge is -2.14. The van der Waals surface area contributed by atoms with Gasteiger partial charge >= 0.3 is 0 Å². The number of nitrogens with zero attached hydrogens (tertiary/aromatic N) is 1. The second kappa shape index (κ2) is 3.49. The highest BCUT2D eigenvalue weighted by atomic mass is 14.7. The van der Waals surface area contributed by atoms with Crippen LogP contribution in [0.2, 0.25) is 0 Å². The first kappa shape index (κ1) is 8.21. The second-order valence-electron chi connectivity index (χ2n) is 3.06. The molecule has 0 radical (unpaired) electrons. The van der Waals surface area contributed by atoms with Crippen LogP contribution in [0.1, 0.15) is 25.5 Å². The molecule has 0 spiro atoms. The maximum Gasteiger partial charge on any atom is 0.0333 e. The first-order valence-electron chi connectivity index (χ1n) is 3.87. The van der Waals surface area contributed by atoms with Crippen LogP contribution in [0, 0.1) is 5.92 Å². The molecule has 60 valence electrons. The fourth-order valence-electron chi connectivity index (χ4n) is 0.958. The number of hydrogen-bond acceptors (Lipinski definition) is 2. The molecule has 0 saturated heterocycles. The van der Waals surface area contributed by atoms with Gasteiger partial charge in [0.15, 0.2) is 0 Å². The Hall–Kier alpha value is -0.890. The van der Waals surface area contributed by atoms with Gasteiger partial charge in [-0.25, -0.2) is 0 Å². The van der Waals surface area contributed by atoms with E-state index in [0.717, 1.165) is 5.56 Å². The smallest absolute Gasteiger partial charge is 0.0333 e. The summed E-state index contributed by atoms with van der Waals surface area (Å²) in [6, 6.07) is 4.04. The molecule has 0 unspecified atom stereocenters. The first-order chi connectivity index (χ1) is 5.22. The number of aromatic nitrogens is 1. The van der Waals surface area contributed by atoms with Crippen LogP contribution < -0.4 is 5.73 Å². The Morgan fingerprint density at radius 3 is 2.64 bits per heavy atom. The van der Waals surface area contributed by atoms with Gasteiger partial charge < -0.3 is 5.73 Å². The van der Waals surface area contributed by atoms with Gasteiger partial charge in [-0.15, -0.1) is 0 Å². The lowest BCUT2D eigenvalue weighted by Crippen LogP contribution is -2.16. The Labute approximate surface area is 67.5 Å². The quantitative estimate of drug-likeness (QED) is 0.697. The van der Waals surface area contributed by atoms with Crippen LogP contribution >= 0.6 is 0 Å². The van der Waals surface area contributed by atoms with Crippen molar-refractivity contribution in [3.05, 3.63) is 30.1 Å². The molecule has 2 heteroatoms. The van der Waals surface area contributed by atoms with Crippen LogP contribution in [0.15, 0.2) is 24.5 Å². The third kappa shape index (κ3) is 2.02. The van der Waals surface area contributed by atoms with Gasteiger partial charge in [-0.05, 0) is 17.5 Å². The average Bonchev–Trinajstić information content (AvgIpc) is 2.05. The van der Waals surface area contributed by atoms with Crippen molar-refractivity contribution in [3.63, 3.8) is 0 Å². The molecule has 0 bridgehead atoms. The Morgan fingerprint density at radius 1 is 1.45 bits per heavy atom. The molecule has 1 rings (SSSR count). The Balaban J connectivity index is 2.77. The van der Waals surface area contributed by atoms with E-state index in [1.54, 1.807) is 6.20 Å². The normalized spacial score (nSPS) is 13.5. The summed E-state index contributed by atoms with van der Waals surface area (Å²) in [5, 5.41) is 0. The minimum atomic E-state index is 0.115. The van der Waals surface area contributed by atoms with Crippen LogP contribution in [-0.4, -0.2) is 4.98 Å². The number of nitrogens with two attached hydrogens (primary N) is 1. The molecule has 11 heavy (non-hydrogen) atoms. The molecule has 0 saturated carbocycles. The van der Waals surface area contributed by atoms with Crippen LogP contribution in [0.5, 0.6) is 0 Å². The molecule has 1 aromatic heterocycles. The zero-order chi connectivity index (χ0) is 8.27. The average molecular weight is 150 g/mol. The summed E-state index contributed by atoms with van der Waals surface area (Å²) in [5.74, 6) is 0.471. The van der Waals surface area contributed by atoms with Crippen LogP contribution in [0.4, 0.5) is 0 Å². The molecule has 2 nitrogen and oxygen atoms in total. The second-order valence-corrected chi connectivity index (χ2v) is 3.06. The molecule has 0 fully saturated rings. The third-order valence-electron chi connectivity index (χ3n) is 1.79. The lowest BCUT2D eigenvalue weighted by atomic mass is 9.99. The molecule has 1 aromatic rings. The predicted molar refractivity (Wildman–Crippen MR) is 46.0 cm³/mol. The van der Waals surface area contributed by atoms with Gasteiger partial charge in [-0.3, -0.25) is 4.98 Å². The Kier molecular flexibility index (Phi) is 2.60. The summed E-state index contributed by atoms with van der Waals surface area (Å²) >= 11 is 0. The van der Waals surface area contributed by atoms with Gasteiger partial charge in [0.1, 0.15) is 0 Å². The van der Waals surface area contributed by atoms with E-state index in [4.69, 9.17) is 5.73 Å². The summed E-state index contributed by atoms with van der Waals surface area (Å²) < 4.78 is 0. The summed E-state index contributed by atoms with van der Waals surface area (Å²) in [5.41, 5.74) is 7.01. The zero-order valence-electron chi connectivity index (χ0n) is 6.99. The molecule has 1 atom stereocenters. The van der Waals surface area contributed by atoms with Gasteiger partial charge in [0.05, 0.1) is 0 Å². The minimum Gasteiger partial charge on any atom is -0.324 e. The minimum absolute atomic E-state index is 0.115. The SMILES string of the molecule is CC(C)[C@H](N)c1cccnc1. The van der Waals surface area contributed by atoms with Crippen molar-refractivity contribution in [1.82, 2.24) is 4.98 Å². The molecule has 0 aliphatic rings. The van der Waals surface area contributed by atoms with Gasteiger partial charge in [0.25, 0.3) is 0 Å². The summed E-state index contributed by atoms with van der Waals surface area (Å²) in [4.78, 5) is 4.01. The van der Waals surface area contributed by atoms with Gasteiger partial charge in [0.2, 0.25) is 0 Å². The van der Waals surface area contributed by atoms with Crippen molar-refractivity contribution >= 4 is 0 Å². The summed E-state index contributed by atoms with van der Waals surface area (Å²) in [6.45, 7) is 4.22. The maximum absolute atomic E-state index is 5.90. The van der Waals surface area contributed by atoms with Crippen molar-refractivity contribution in [2.45, 2.75) is 19.9 Å². The van der Waals surface area contributed by atoms with Crippen LogP contribution in [-0.2, 0) is 0 Å². The molecule has 0 aromatic carbocycles. The van der Waals surface area contributed by atoms with Gasteiger partial charge in [-0.2, -0.15) is 0 Å². The van der Waals surface area contributed by atoms with Crippen LogP contribution in [0.3, 0.4) is 0 Å². The molecular weight excluding hydrogens is 136 g/mol. The van der Waals surface area contributed by atoms with Crippen molar-refractivity contribution < 1.29 is 0 Å². The van der Waals surface area contributed by atoms with E-state index in [1.165, 1.54) is 0 Å². The number of hydrogen-bond donors (Lipinski definition) is 1. The van der Waals surface area contributed by atoms with E-state index in [-0.39, 0.29) is 6.04 Å². The fraction of sp³-hybridized carbons (Fsp3) is 0.444. The van der Waals surface area contributed by atoms with Gasteiger partial charge in [0, 0.05) is 18.4 Å². The number of rotatable bonds is 2. The zero-order valence-corrected chi connectivity index (χ0v) is 6.99. The topological polar surface area (TPSA) is 38.9 Å². The highest BCUT2D eigenvalue weighted by Crippen LogP contribution is 2.16. The lowest BCUT2D eigenvalue weighted by molar-refractivity contribution is 0.513. The first-order valence-corrected chi connectivity index (χ1v) is 3.87. The van der Waals surface area contributed by atoms with Crippen molar-refractivity contribution in [1.29, 1.82) is 0 Å². The third-order valence-corrected chi connectivity index (χ3v) is 1.79.